The molecule has 8 heteroatoms. The first-order chi connectivity index (χ1) is 13.4. The van der Waals surface area contributed by atoms with Crippen LogP contribution in [0.15, 0.2) is 72.8 Å². The Morgan fingerprint density at radius 3 is 1.18 bits per heavy atom. The third-order valence-corrected chi connectivity index (χ3v) is 4.42. The zero-order chi connectivity index (χ0) is 20.3. The summed E-state index contributed by atoms with van der Waals surface area (Å²) in [6, 6.07) is 20.9. The number of rotatable bonds is 2. The monoisotopic (exact) mass is 376 g/mol. The van der Waals surface area contributed by atoms with E-state index < -0.39 is 14.2 Å². The van der Waals surface area contributed by atoms with Gasteiger partial charge >= 0.3 is 14.2 Å². The molecule has 0 unspecified atom stereocenters. The van der Waals surface area contributed by atoms with Gasteiger partial charge in [0.15, 0.2) is 0 Å². The third-order valence-electron chi connectivity index (χ3n) is 4.42. The maximum absolute atomic E-state index is 9.70. The third kappa shape index (κ3) is 3.95. The van der Waals surface area contributed by atoms with Crippen molar-refractivity contribution in [2.45, 2.75) is 0 Å². The number of phenols is 2. The van der Waals surface area contributed by atoms with Crippen LogP contribution < -0.4 is 10.9 Å². The van der Waals surface area contributed by atoms with Crippen LogP contribution in [0.2, 0.25) is 0 Å². The van der Waals surface area contributed by atoms with Gasteiger partial charge in [0.2, 0.25) is 0 Å². The lowest BCUT2D eigenvalue weighted by Crippen LogP contribution is -2.29. The number of benzene rings is 4. The van der Waals surface area contributed by atoms with Crippen LogP contribution in [0.1, 0.15) is 0 Å². The molecule has 0 spiro atoms. The Hall–Kier alpha value is -3.03. The Morgan fingerprint density at radius 2 is 0.821 bits per heavy atom. The zero-order valence-electron chi connectivity index (χ0n) is 14.8. The van der Waals surface area contributed by atoms with Gasteiger partial charge in [-0.3, -0.25) is 0 Å². The molecule has 0 saturated heterocycles. The van der Waals surface area contributed by atoms with Crippen molar-refractivity contribution in [2.24, 2.45) is 0 Å². The molecule has 6 nitrogen and oxygen atoms in total. The van der Waals surface area contributed by atoms with Crippen molar-refractivity contribution < 1.29 is 30.3 Å². The summed E-state index contributed by atoms with van der Waals surface area (Å²) in [7, 11) is -3.28. The summed E-state index contributed by atoms with van der Waals surface area (Å²) in [6.07, 6.45) is 0. The predicted octanol–water partition coefficient (Wildman–Crippen LogP) is 0.450. The van der Waals surface area contributed by atoms with Gasteiger partial charge in [0.1, 0.15) is 11.5 Å². The first kappa shape index (κ1) is 19.7. The van der Waals surface area contributed by atoms with E-state index in [9.17, 15) is 10.2 Å². The lowest BCUT2D eigenvalue weighted by Gasteiger charge is -2.06. The van der Waals surface area contributed by atoms with E-state index in [0.717, 1.165) is 10.8 Å². The summed E-state index contributed by atoms with van der Waals surface area (Å²) >= 11 is 0. The number of fused-ring (bicyclic) bond motifs is 2. The van der Waals surface area contributed by atoms with Crippen LogP contribution in [-0.2, 0) is 0 Å². The van der Waals surface area contributed by atoms with E-state index in [1.165, 1.54) is 12.1 Å². The second-order valence-corrected chi connectivity index (χ2v) is 6.20. The fraction of sp³-hybridized carbons (Fsp3) is 0. The molecule has 4 aromatic rings. The van der Waals surface area contributed by atoms with Crippen LogP contribution in [0.3, 0.4) is 0 Å². The van der Waals surface area contributed by atoms with Gasteiger partial charge in [-0.25, -0.2) is 0 Å². The fourth-order valence-electron chi connectivity index (χ4n) is 2.96. The van der Waals surface area contributed by atoms with Crippen molar-refractivity contribution in [3.05, 3.63) is 72.8 Å². The Balaban J connectivity index is 0.000000161. The largest absolute Gasteiger partial charge is 0.508 e. The van der Waals surface area contributed by atoms with E-state index in [-0.39, 0.29) is 22.4 Å². The highest BCUT2D eigenvalue weighted by Crippen LogP contribution is 2.23. The molecule has 0 atom stereocenters. The van der Waals surface area contributed by atoms with Crippen molar-refractivity contribution >= 4 is 46.7 Å². The first-order valence-electron chi connectivity index (χ1n) is 8.53. The smallest absolute Gasteiger partial charge is 0.492 e. The van der Waals surface area contributed by atoms with Crippen LogP contribution in [0.5, 0.6) is 11.5 Å². The second kappa shape index (κ2) is 8.33. The van der Waals surface area contributed by atoms with Crippen LogP contribution in [0.25, 0.3) is 21.5 Å². The lowest BCUT2D eigenvalue weighted by molar-refractivity contribution is 0.418. The number of hydrogen-bond acceptors (Lipinski definition) is 6. The highest BCUT2D eigenvalue weighted by molar-refractivity contribution is 6.60. The molecule has 28 heavy (non-hydrogen) atoms. The standard InChI is InChI=1S/2C10H9BO3/c2*12-10-8-4-2-1-3-7(8)5-6-9(10)11(13)14/h2*1-6,12-14H. The Bertz CT molecular complexity index is 1020. The molecule has 4 aromatic carbocycles. The maximum atomic E-state index is 9.70. The highest BCUT2D eigenvalue weighted by Gasteiger charge is 2.18. The predicted molar refractivity (Wildman–Crippen MR) is 111 cm³/mol. The van der Waals surface area contributed by atoms with Crippen LogP contribution in [-0.4, -0.2) is 44.5 Å². The van der Waals surface area contributed by atoms with E-state index >= 15 is 0 Å². The Labute approximate surface area is 161 Å². The van der Waals surface area contributed by atoms with Crippen molar-refractivity contribution in [1.29, 1.82) is 0 Å². The molecule has 0 bridgehead atoms. The molecule has 0 amide bonds. The number of aromatic hydroxyl groups is 2. The van der Waals surface area contributed by atoms with E-state index in [1.807, 2.05) is 24.3 Å². The molecule has 0 aliphatic rings. The molecular formula is C20H18B2O6. The van der Waals surface area contributed by atoms with Crippen LogP contribution >= 0.6 is 0 Å². The second-order valence-electron chi connectivity index (χ2n) is 6.20. The topological polar surface area (TPSA) is 121 Å². The number of phenolic OH excluding ortho intramolecular Hbond substituents is 2. The van der Waals surface area contributed by atoms with Gasteiger partial charge in [-0.15, -0.1) is 0 Å². The van der Waals surface area contributed by atoms with Crippen molar-refractivity contribution in [3.63, 3.8) is 0 Å². The van der Waals surface area contributed by atoms with Crippen LogP contribution in [0.4, 0.5) is 0 Å². The zero-order valence-corrected chi connectivity index (χ0v) is 14.8. The van der Waals surface area contributed by atoms with Gasteiger partial charge in [0.05, 0.1) is 0 Å². The van der Waals surface area contributed by atoms with Gasteiger partial charge in [0, 0.05) is 21.7 Å². The molecule has 4 rings (SSSR count). The molecule has 140 valence electrons. The minimum atomic E-state index is -1.64. The first-order valence-corrected chi connectivity index (χ1v) is 8.53. The summed E-state index contributed by atoms with van der Waals surface area (Å²) in [4.78, 5) is 0. The van der Waals surface area contributed by atoms with E-state index in [0.29, 0.717) is 10.8 Å². The lowest BCUT2D eigenvalue weighted by atomic mass is 9.78. The molecular weight excluding hydrogens is 358 g/mol. The quantitative estimate of drug-likeness (QED) is 0.283. The molecule has 0 aliphatic carbocycles. The Morgan fingerprint density at radius 1 is 0.464 bits per heavy atom. The van der Waals surface area contributed by atoms with Gasteiger partial charge in [-0.05, 0) is 10.8 Å². The molecule has 0 aromatic heterocycles. The van der Waals surface area contributed by atoms with E-state index in [2.05, 4.69) is 0 Å². The normalized spacial score (nSPS) is 10.4. The van der Waals surface area contributed by atoms with Gasteiger partial charge in [0.25, 0.3) is 0 Å². The molecule has 0 fully saturated rings. The van der Waals surface area contributed by atoms with Gasteiger partial charge < -0.3 is 30.3 Å². The summed E-state index contributed by atoms with van der Waals surface area (Å²) in [6.45, 7) is 0. The highest BCUT2D eigenvalue weighted by atomic mass is 16.4. The summed E-state index contributed by atoms with van der Waals surface area (Å²) in [5.74, 6) is -0.142. The van der Waals surface area contributed by atoms with E-state index in [4.69, 9.17) is 20.1 Å². The molecule has 0 heterocycles. The van der Waals surface area contributed by atoms with Gasteiger partial charge in [-0.2, -0.15) is 0 Å². The number of hydrogen-bond donors (Lipinski definition) is 6. The summed E-state index contributed by atoms with van der Waals surface area (Å²) < 4.78 is 0. The maximum Gasteiger partial charge on any atom is 0.492 e. The Kier molecular flexibility index (Phi) is 5.87. The SMILES string of the molecule is OB(O)c1ccc2ccccc2c1O.OB(O)c1ccc2ccccc2c1O. The fourth-order valence-corrected chi connectivity index (χ4v) is 2.96. The minimum absolute atomic E-state index is 0.0712. The van der Waals surface area contributed by atoms with Crippen molar-refractivity contribution in [3.8, 4) is 11.5 Å². The summed E-state index contributed by atoms with van der Waals surface area (Å²) in [5, 5.41) is 58.2. The van der Waals surface area contributed by atoms with E-state index in [1.54, 1.807) is 36.4 Å². The minimum Gasteiger partial charge on any atom is -0.508 e. The average Bonchev–Trinajstić information content (AvgIpc) is 2.69. The molecule has 0 saturated carbocycles. The van der Waals surface area contributed by atoms with Crippen molar-refractivity contribution in [2.75, 3.05) is 0 Å². The molecule has 0 radical (unpaired) electrons. The molecule has 6 N–H and O–H groups in total. The van der Waals surface area contributed by atoms with Crippen LogP contribution in [0, 0.1) is 0 Å². The summed E-state index contributed by atoms with van der Waals surface area (Å²) in [5.41, 5.74) is 0.257. The van der Waals surface area contributed by atoms with Crippen molar-refractivity contribution in [1.82, 2.24) is 0 Å². The average molecular weight is 376 g/mol. The molecule has 0 aliphatic heterocycles. The van der Waals surface area contributed by atoms with Gasteiger partial charge in [-0.1, -0.05) is 72.8 Å².